The van der Waals surface area contributed by atoms with E-state index >= 15 is 0 Å². The van der Waals surface area contributed by atoms with E-state index in [2.05, 4.69) is 32.0 Å². The van der Waals surface area contributed by atoms with E-state index in [0.29, 0.717) is 0 Å². The van der Waals surface area contributed by atoms with Crippen molar-refractivity contribution in [1.82, 2.24) is 0 Å². The van der Waals surface area contributed by atoms with Crippen molar-refractivity contribution < 1.29 is 47.2 Å². The quantitative estimate of drug-likeness (QED) is 0.318. The number of hydrogen-bond donors (Lipinski definition) is 0. The van der Waals surface area contributed by atoms with Crippen LogP contribution in [-0.4, -0.2) is 24.4 Å². The van der Waals surface area contributed by atoms with E-state index in [1.807, 2.05) is 0 Å². The number of rotatable bonds is 0. The van der Waals surface area contributed by atoms with Crippen LogP contribution in [0.2, 0.25) is 0 Å². The Bertz CT molecular complexity index is 257. The van der Waals surface area contributed by atoms with E-state index < -0.39 is 0 Å². The zero-order valence-corrected chi connectivity index (χ0v) is 14.8. The molecule has 18 heavy (non-hydrogen) atoms. The van der Waals surface area contributed by atoms with Crippen LogP contribution >= 0.6 is 0 Å². The molecule has 3 aromatic rings. The molecule has 0 bridgehead atoms. The first-order chi connectivity index (χ1) is 7.50. The fourth-order valence-electron chi connectivity index (χ4n) is 0.589. The van der Waals surface area contributed by atoms with Crippen molar-refractivity contribution in [3.05, 3.63) is 74.0 Å². The summed E-state index contributed by atoms with van der Waals surface area (Å²) >= 11 is 0. The molecule has 3 aromatic heterocycles. The third kappa shape index (κ3) is 15.6. The fourth-order valence-corrected chi connectivity index (χ4v) is 0.589. The van der Waals surface area contributed by atoms with Crippen LogP contribution in [0.5, 0.6) is 0 Å². The molecule has 96 valence electrons. The Morgan fingerprint density at radius 3 is 0.889 bits per heavy atom. The van der Waals surface area contributed by atoms with Crippen molar-refractivity contribution in [3.8, 4) is 0 Å². The molecule has 0 N–H and O–H groups in total. The molecule has 0 amide bonds. The molecular formula is C12H9Br2O3Sb-2. The van der Waals surface area contributed by atoms with Crippen LogP contribution in [0, 0.1) is 18.8 Å². The van der Waals surface area contributed by atoms with Gasteiger partial charge in [-0.1, -0.05) is 0 Å². The van der Waals surface area contributed by atoms with Gasteiger partial charge < -0.3 is 47.2 Å². The van der Waals surface area contributed by atoms with Crippen molar-refractivity contribution in [3.63, 3.8) is 0 Å². The normalized spacial score (nSPS) is 6.67. The maximum Gasteiger partial charge on any atom is 0.169 e. The first-order valence-electron chi connectivity index (χ1n) is 4.19. The van der Waals surface area contributed by atoms with Crippen LogP contribution < -0.4 is 34.0 Å². The summed E-state index contributed by atoms with van der Waals surface area (Å²) in [6, 6.07) is 10.5. The van der Waals surface area contributed by atoms with Gasteiger partial charge in [-0.2, -0.15) is 0 Å². The molecule has 0 aliphatic carbocycles. The van der Waals surface area contributed by atoms with Gasteiger partial charge in [0, 0.05) is 24.4 Å². The maximum absolute atomic E-state index is 4.46. The van der Waals surface area contributed by atoms with Gasteiger partial charge >= 0.3 is 0 Å². The van der Waals surface area contributed by atoms with E-state index in [-0.39, 0.29) is 58.4 Å². The average Bonchev–Trinajstić information content (AvgIpc) is 3.09. The Kier molecular flexibility index (Phi) is 24.0. The van der Waals surface area contributed by atoms with Crippen molar-refractivity contribution in [2.45, 2.75) is 0 Å². The second kappa shape index (κ2) is 19.0. The smallest absolute Gasteiger partial charge is 0.169 e. The Hall–Kier alpha value is -0.382. The monoisotopic (exact) mass is 480 g/mol. The van der Waals surface area contributed by atoms with Gasteiger partial charge in [0.15, 0.2) is 18.8 Å². The van der Waals surface area contributed by atoms with Gasteiger partial charge in [-0.25, -0.2) is 0 Å². The SMILES string of the molecule is [Br-].[Br-].[Sb].[c]1ccco1.[c]1ccco1.[c]1ccco1. The molecule has 0 aromatic carbocycles. The number of furan rings is 3. The molecule has 0 spiro atoms. The van der Waals surface area contributed by atoms with Crippen LogP contribution in [0.4, 0.5) is 0 Å². The fraction of sp³-hybridized carbons (Fsp3) is 0. The van der Waals surface area contributed by atoms with Gasteiger partial charge in [0.1, 0.15) is 0 Å². The van der Waals surface area contributed by atoms with Crippen molar-refractivity contribution in [1.29, 1.82) is 0 Å². The van der Waals surface area contributed by atoms with Crippen molar-refractivity contribution in [2.24, 2.45) is 0 Å². The largest absolute Gasteiger partial charge is 1.00 e. The second-order valence-electron chi connectivity index (χ2n) is 2.19. The summed E-state index contributed by atoms with van der Waals surface area (Å²) in [4.78, 5) is 0. The molecule has 3 nitrogen and oxygen atoms in total. The molecule has 0 aliphatic heterocycles. The molecule has 3 rings (SSSR count). The summed E-state index contributed by atoms with van der Waals surface area (Å²) in [5.41, 5.74) is 0. The molecule has 6 heteroatoms. The first kappa shape index (κ1) is 22.8. The molecule has 3 heterocycles. The predicted molar refractivity (Wildman–Crippen MR) is 58.4 cm³/mol. The Morgan fingerprint density at radius 1 is 0.556 bits per heavy atom. The predicted octanol–water partition coefficient (Wildman–Crippen LogP) is -3.13. The van der Waals surface area contributed by atoms with Gasteiger partial charge in [-0.15, -0.1) is 0 Å². The van der Waals surface area contributed by atoms with Gasteiger partial charge in [0.25, 0.3) is 0 Å². The standard InChI is InChI=1S/3C4H3O.2BrH.Sb/c3*1-2-4-5-3-1;;;/h3*1-3H;2*1H;/p-2. The molecule has 6 radical (unpaired) electrons. The Labute approximate surface area is 145 Å². The molecule has 0 saturated carbocycles. The minimum atomic E-state index is 0. The van der Waals surface area contributed by atoms with Crippen LogP contribution in [0.3, 0.4) is 0 Å². The number of halogens is 2. The molecule has 0 atom stereocenters. The van der Waals surface area contributed by atoms with E-state index in [1.165, 1.54) is 0 Å². The summed E-state index contributed by atoms with van der Waals surface area (Å²) in [6.45, 7) is 0. The van der Waals surface area contributed by atoms with Crippen molar-refractivity contribution in [2.75, 3.05) is 0 Å². The third-order valence-corrected chi connectivity index (χ3v) is 1.14. The first-order valence-corrected chi connectivity index (χ1v) is 4.19. The molecular weight excluding hydrogens is 474 g/mol. The topological polar surface area (TPSA) is 39.4 Å². The molecule has 0 saturated heterocycles. The average molecular weight is 483 g/mol. The minimum Gasteiger partial charge on any atom is -1.00 e. The Balaban J connectivity index is -0.000000173. The zero-order valence-electron chi connectivity index (χ0n) is 9.12. The zero-order chi connectivity index (χ0) is 10.6. The van der Waals surface area contributed by atoms with Crippen LogP contribution in [0.1, 0.15) is 0 Å². The van der Waals surface area contributed by atoms with Crippen LogP contribution in [0.25, 0.3) is 0 Å². The van der Waals surface area contributed by atoms with Gasteiger partial charge in [0.2, 0.25) is 0 Å². The molecule has 0 unspecified atom stereocenters. The third-order valence-electron chi connectivity index (χ3n) is 1.14. The van der Waals surface area contributed by atoms with Gasteiger partial charge in [-0.3, -0.25) is 0 Å². The minimum absolute atomic E-state index is 0. The van der Waals surface area contributed by atoms with Crippen molar-refractivity contribution >= 4 is 24.4 Å². The van der Waals surface area contributed by atoms with Gasteiger partial charge in [-0.05, 0) is 36.4 Å². The van der Waals surface area contributed by atoms with E-state index in [9.17, 15) is 0 Å². The number of hydrogen-bond acceptors (Lipinski definition) is 3. The second-order valence-corrected chi connectivity index (χ2v) is 2.19. The van der Waals surface area contributed by atoms with Crippen LogP contribution in [-0.2, 0) is 0 Å². The van der Waals surface area contributed by atoms with E-state index in [0.717, 1.165) is 0 Å². The van der Waals surface area contributed by atoms with Crippen LogP contribution in [0.15, 0.2) is 68.4 Å². The maximum atomic E-state index is 4.46. The van der Waals surface area contributed by atoms with E-state index in [4.69, 9.17) is 0 Å². The summed E-state index contributed by atoms with van der Waals surface area (Å²) in [6.07, 6.45) is 12.2. The summed E-state index contributed by atoms with van der Waals surface area (Å²) in [7, 11) is 0. The molecule has 0 fully saturated rings. The summed E-state index contributed by atoms with van der Waals surface area (Å²) in [5, 5.41) is 0. The molecule has 0 aliphatic rings. The summed E-state index contributed by atoms with van der Waals surface area (Å²) in [5.74, 6) is 0. The van der Waals surface area contributed by atoms with E-state index in [1.54, 1.807) is 55.2 Å². The Morgan fingerprint density at radius 2 is 0.833 bits per heavy atom. The van der Waals surface area contributed by atoms with Gasteiger partial charge in [0.05, 0.1) is 18.8 Å². The summed E-state index contributed by atoms with van der Waals surface area (Å²) < 4.78 is 13.4.